The van der Waals surface area contributed by atoms with E-state index < -0.39 is 17.0 Å². The van der Waals surface area contributed by atoms with Gasteiger partial charge in [0.15, 0.2) is 11.6 Å². The lowest BCUT2D eigenvalue weighted by atomic mass is 9.86. The van der Waals surface area contributed by atoms with Gasteiger partial charge in [-0.25, -0.2) is 4.39 Å². The maximum atomic E-state index is 12.9. The van der Waals surface area contributed by atoms with E-state index in [1.165, 1.54) is 12.1 Å². The van der Waals surface area contributed by atoms with Crippen molar-refractivity contribution in [2.75, 3.05) is 0 Å². The van der Waals surface area contributed by atoms with Crippen LogP contribution in [0.15, 0.2) is 18.2 Å². The van der Waals surface area contributed by atoms with Gasteiger partial charge in [0.1, 0.15) is 0 Å². The predicted octanol–water partition coefficient (Wildman–Crippen LogP) is 2.33. The molecule has 0 saturated heterocycles. The average molecular weight is 179 g/mol. The van der Waals surface area contributed by atoms with Crippen LogP contribution in [0.1, 0.15) is 19.4 Å². The summed E-state index contributed by atoms with van der Waals surface area (Å²) in [5.74, 6) is -1.08. The lowest BCUT2D eigenvalue weighted by molar-refractivity contribution is 0.431. The van der Waals surface area contributed by atoms with Crippen LogP contribution in [0.2, 0.25) is 0 Å². The SMILES string of the molecule is CC(C)(C#N)c1ccc(O)c(F)c1. The molecule has 0 aliphatic heterocycles. The van der Waals surface area contributed by atoms with Crippen LogP contribution in [-0.2, 0) is 5.41 Å². The molecule has 0 aliphatic rings. The molecule has 0 radical (unpaired) electrons. The molecule has 0 saturated carbocycles. The van der Waals surface area contributed by atoms with Crippen molar-refractivity contribution in [1.82, 2.24) is 0 Å². The Morgan fingerprint density at radius 1 is 1.46 bits per heavy atom. The number of halogens is 1. The zero-order valence-corrected chi connectivity index (χ0v) is 7.50. The number of aromatic hydroxyl groups is 1. The molecule has 1 aromatic carbocycles. The van der Waals surface area contributed by atoms with Crippen LogP contribution in [0.25, 0.3) is 0 Å². The topological polar surface area (TPSA) is 44.0 Å². The van der Waals surface area contributed by atoms with Gasteiger partial charge in [-0.15, -0.1) is 0 Å². The molecule has 0 bridgehead atoms. The molecule has 68 valence electrons. The highest BCUT2D eigenvalue weighted by Gasteiger charge is 2.20. The number of hydrogen-bond donors (Lipinski definition) is 1. The van der Waals surface area contributed by atoms with Gasteiger partial charge in [-0.2, -0.15) is 5.26 Å². The van der Waals surface area contributed by atoms with E-state index in [9.17, 15) is 4.39 Å². The second-order valence-corrected chi connectivity index (χ2v) is 3.40. The summed E-state index contributed by atoms with van der Waals surface area (Å²) in [5, 5.41) is 17.7. The highest BCUT2D eigenvalue weighted by atomic mass is 19.1. The van der Waals surface area contributed by atoms with Gasteiger partial charge in [-0.05, 0) is 31.5 Å². The molecular formula is C10H10FNO. The van der Waals surface area contributed by atoms with E-state index in [-0.39, 0.29) is 0 Å². The lowest BCUT2D eigenvalue weighted by Crippen LogP contribution is -2.13. The molecule has 0 fully saturated rings. The van der Waals surface area contributed by atoms with E-state index in [0.29, 0.717) is 5.56 Å². The first-order chi connectivity index (χ1) is 5.97. The first-order valence-corrected chi connectivity index (χ1v) is 3.87. The maximum Gasteiger partial charge on any atom is 0.165 e. The molecule has 0 amide bonds. The fourth-order valence-electron chi connectivity index (χ4n) is 0.960. The van der Waals surface area contributed by atoms with E-state index in [2.05, 4.69) is 6.07 Å². The summed E-state index contributed by atoms with van der Waals surface area (Å²) in [6, 6.07) is 6.03. The number of phenols is 1. The zero-order chi connectivity index (χ0) is 10.1. The van der Waals surface area contributed by atoms with Crippen molar-refractivity contribution in [3.8, 4) is 11.8 Å². The summed E-state index contributed by atoms with van der Waals surface area (Å²) in [7, 11) is 0. The fraction of sp³-hybridized carbons (Fsp3) is 0.300. The molecule has 0 aliphatic carbocycles. The van der Waals surface area contributed by atoms with Crippen LogP contribution in [0.5, 0.6) is 5.75 Å². The van der Waals surface area contributed by atoms with Gasteiger partial charge in [-0.1, -0.05) is 6.07 Å². The normalized spacial score (nSPS) is 10.9. The van der Waals surface area contributed by atoms with Crippen molar-refractivity contribution < 1.29 is 9.50 Å². The van der Waals surface area contributed by atoms with Crippen LogP contribution >= 0.6 is 0 Å². The Morgan fingerprint density at radius 2 is 2.08 bits per heavy atom. The van der Waals surface area contributed by atoms with Crippen molar-refractivity contribution in [3.63, 3.8) is 0 Å². The van der Waals surface area contributed by atoms with E-state index in [4.69, 9.17) is 10.4 Å². The lowest BCUT2D eigenvalue weighted by Gasteiger charge is -2.15. The van der Waals surface area contributed by atoms with Crippen molar-refractivity contribution in [1.29, 1.82) is 5.26 Å². The molecule has 1 rings (SSSR count). The number of rotatable bonds is 1. The van der Waals surface area contributed by atoms with Crippen LogP contribution in [0.3, 0.4) is 0 Å². The molecule has 1 N–H and O–H groups in total. The number of nitriles is 1. The molecule has 0 unspecified atom stereocenters. The van der Waals surface area contributed by atoms with Gasteiger partial charge in [0.05, 0.1) is 11.5 Å². The van der Waals surface area contributed by atoms with Crippen molar-refractivity contribution in [2.24, 2.45) is 0 Å². The van der Waals surface area contributed by atoms with Crippen LogP contribution in [0.4, 0.5) is 4.39 Å². The monoisotopic (exact) mass is 179 g/mol. The van der Waals surface area contributed by atoms with Gasteiger partial charge in [-0.3, -0.25) is 0 Å². The zero-order valence-electron chi connectivity index (χ0n) is 7.50. The smallest absolute Gasteiger partial charge is 0.165 e. The molecule has 0 heterocycles. The van der Waals surface area contributed by atoms with E-state index in [1.807, 2.05) is 0 Å². The third-order valence-electron chi connectivity index (χ3n) is 1.95. The van der Waals surface area contributed by atoms with Gasteiger partial charge in [0, 0.05) is 0 Å². The molecule has 2 nitrogen and oxygen atoms in total. The van der Waals surface area contributed by atoms with Gasteiger partial charge in [0.2, 0.25) is 0 Å². The highest BCUT2D eigenvalue weighted by Crippen LogP contribution is 2.26. The molecule has 13 heavy (non-hydrogen) atoms. The van der Waals surface area contributed by atoms with Crippen molar-refractivity contribution in [3.05, 3.63) is 29.6 Å². The average Bonchev–Trinajstić information content (AvgIpc) is 2.09. The quantitative estimate of drug-likeness (QED) is 0.719. The Kier molecular flexibility index (Phi) is 2.24. The minimum Gasteiger partial charge on any atom is -0.505 e. The molecule has 0 spiro atoms. The second kappa shape index (κ2) is 3.06. The Hall–Kier alpha value is -1.56. The number of nitrogens with zero attached hydrogens (tertiary/aromatic N) is 1. The summed E-state index contributed by atoms with van der Waals surface area (Å²) in [4.78, 5) is 0. The third kappa shape index (κ3) is 1.78. The molecular weight excluding hydrogens is 169 g/mol. The van der Waals surface area contributed by atoms with E-state index in [0.717, 1.165) is 0 Å². The molecule has 0 aromatic heterocycles. The molecule has 1 aromatic rings. The van der Waals surface area contributed by atoms with Crippen molar-refractivity contribution in [2.45, 2.75) is 19.3 Å². The summed E-state index contributed by atoms with van der Waals surface area (Å²) in [6.07, 6.45) is 0. The molecule has 3 heteroatoms. The summed E-state index contributed by atoms with van der Waals surface area (Å²) in [5.41, 5.74) is -0.167. The minimum absolute atomic E-state index is 0.391. The minimum atomic E-state index is -0.728. The first kappa shape index (κ1) is 9.53. The second-order valence-electron chi connectivity index (χ2n) is 3.40. The van der Waals surface area contributed by atoms with Gasteiger partial charge >= 0.3 is 0 Å². The van der Waals surface area contributed by atoms with Gasteiger partial charge in [0.25, 0.3) is 0 Å². The van der Waals surface area contributed by atoms with E-state index in [1.54, 1.807) is 19.9 Å². The Morgan fingerprint density at radius 3 is 2.54 bits per heavy atom. The van der Waals surface area contributed by atoms with E-state index >= 15 is 0 Å². The highest BCUT2D eigenvalue weighted by molar-refractivity contribution is 5.35. The summed E-state index contributed by atoms with van der Waals surface area (Å²) < 4.78 is 12.9. The Labute approximate surface area is 76.2 Å². The Balaban J connectivity index is 3.20. The van der Waals surface area contributed by atoms with Crippen molar-refractivity contribution >= 4 is 0 Å². The first-order valence-electron chi connectivity index (χ1n) is 3.87. The predicted molar refractivity (Wildman–Crippen MR) is 46.7 cm³/mol. The number of benzene rings is 1. The van der Waals surface area contributed by atoms with Gasteiger partial charge < -0.3 is 5.11 Å². The molecule has 0 atom stereocenters. The largest absolute Gasteiger partial charge is 0.505 e. The standard InChI is InChI=1S/C10H10FNO/c1-10(2,6-12)7-3-4-9(13)8(11)5-7/h3-5,13H,1-2H3. The third-order valence-corrected chi connectivity index (χ3v) is 1.95. The summed E-state index contributed by atoms with van der Waals surface area (Å²) >= 11 is 0. The fourth-order valence-corrected chi connectivity index (χ4v) is 0.960. The number of hydrogen-bond acceptors (Lipinski definition) is 2. The Bertz CT molecular complexity index is 366. The number of phenolic OH excluding ortho intramolecular Hbond substituents is 1. The van der Waals surface area contributed by atoms with Crippen LogP contribution in [0, 0.1) is 17.1 Å². The van der Waals surface area contributed by atoms with Crippen LogP contribution < -0.4 is 0 Å². The maximum absolute atomic E-state index is 12.9. The van der Waals surface area contributed by atoms with Crippen LogP contribution in [-0.4, -0.2) is 5.11 Å². The summed E-state index contributed by atoms with van der Waals surface area (Å²) in [6.45, 7) is 3.39.